The molecule has 10 aromatic rings. The Kier molecular flexibility index (Phi) is 13.5. The van der Waals surface area contributed by atoms with Crippen LogP contribution in [0.15, 0.2) is 228 Å². The van der Waals surface area contributed by atoms with E-state index >= 15 is 0 Å². The summed E-state index contributed by atoms with van der Waals surface area (Å²) >= 11 is 0. The van der Waals surface area contributed by atoms with E-state index in [1.54, 1.807) is 24.8 Å². The Balaban J connectivity index is 0.000000177. The van der Waals surface area contributed by atoms with Gasteiger partial charge in [-0.05, 0) is 115 Å². The summed E-state index contributed by atoms with van der Waals surface area (Å²) in [5.41, 5.74) is 18.8. The second kappa shape index (κ2) is 21.4. The maximum atomic E-state index is 13.6. The predicted molar refractivity (Wildman–Crippen MR) is 315 cm³/mol. The first-order valence-corrected chi connectivity index (χ1v) is 26.7. The molecule has 0 bridgehead atoms. The van der Waals surface area contributed by atoms with Crippen molar-refractivity contribution >= 4 is 51.2 Å². The molecule has 6 heterocycles. The Hall–Kier alpha value is -9.74. The number of benzene rings is 7. The van der Waals surface area contributed by atoms with Gasteiger partial charge in [0.2, 0.25) is 0 Å². The minimum atomic E-state index is -0.815. The first-order chi connectivity index (χ1) is 38.6. The fourth-order valence-electron chi connectivity index (χ4n) is 11.2. The van der Waals surface area contributed by atoms with Gasteiger partial charge in [0.15, 0.2) is 0 Å². The molecule has 2 atom stereocenters. The van der Waals surface area contributed by atoms with Gasteiger partial charge in [0, 0.05) is 59.7 Å². The molecule has 0 spiro atoms. The monoisotopic (exact) mass is 1030 g/mol. The summed E-state index contributed by atoms with van der Waals surface area (Å²) in [4.78, 5) is 49.1. The lowest BCUT2D eigenvalue weighted by Crippen LogP contribution is -2.38. The van der Waals surface area contributed by atoms with Crippen molar-refractivity contribution in [3.05, 3.63) is 280 Å². The minimum absolute atomic E-state index is 0.0701. The topological polar surface area (TPSA) is 139 Å². The second-order valence-electron chi connectivity index (χ2n) is 20.5. The molecule has 0 saturated heterocycles. The molecular weight excluding hydrogens is 975 g/mol. The van der Waals surface area contributed by atoms with Crippen molar-refractivity contribution in [2.24, 2.45) is 15.0 Å². The van der Waals surface area contributed by atoms with Crippen molar-refractivity contribution in [1.29, 1.82) is 0 Å². The SMILES string of the molecule is Cc1cccc([C@@H](C)NC(=O)C2=Nc3cc4c(-c5ccncc5)nn(C(c5ccccc5)(c5ccccc5)c5ccccc5)c4cc3C2)c1.Cc1cccc([C@@H](C)NC(=O)C2=Nc3cc4c(cc3C2)CN=C4c2ccncc2)c1. The van der Waals surface area contributed by atoms with Crippen molar-refractivity contribution < 1.29 is 9.59 Å². The third-order valence-electron chi connectivity index (χ3n) is 15.2. The Morgan fingerprint density at radius 1 is 0.519 bits per heavy atom. The Labute approximate surface area is 459 Å². The van der Waals surface area contributed by atoms with Gasteiger partial charge in [0.05, 0.1) is 41.2 Å². The van der Waals surface area contributed by atoms with E-state index < -0.39 is 5.54 Å². The van der Waals surface area contributed by atoms with E-state index in [9.17, 15) is 9.59 Å². The zero-order valence-electron chi connectivity index (χ0n) is 44.4. The van der Waals surface area contributed by atoms with Gasteiger partial charge < -0.3 is 10.6 Å². The average Bonchev–Trinajstić information content (AvgIpc) is 4.51. The number of nitrogens with zero attached hydrogens (tertiary/aromatic N) is 7. The van der Waals surface area contributed by atoms with Gasteiger partial charge in [-0.1, -0.05) is 157 Å². The van der Waals surface area contributed by atoms with E-state index in [2.05, 4.69) is 165 Å². The van der Waals surface area contributed by atoms with Gasteiger partial charge in [-0.15, -0.1) is 0 Å². The van der Waals surface area contributed by atoms with Crippen LogP contribution in [0.2, 0.25) is 0 Å². The third-order valence-corrected chi connectivity index (χ3v) is 15.2. The molecule has 0 fully saturated rings. The maximum absolute atomic E-state index is 13.6. The summed E-state index contributed by atoms with van der Waals surface area (Å²) in [5, 5.41) is 12.7. The lowest BCUT2D eigenvalue weighted by Gasteiger charge is -2.37. The number of pyridine rings is 2. The molecule has 11 heteroatoms. The lowest BCUT2D eigenvalue weighted by molar-refractivity contribution is -0.116. The lowest BCUT2D eigenvalue weighted by atomic mass is 9.77. The fraction of sp³-hybridized carbons (Fsp3) is 0.147. The summed E-state index contributed by atoms with van der Waals surface area (Å²) in [7, 11) is 0. The number of carbonyl (C=O) groups is 2. The first-order valence-electron chi connectivity index (χ1n) is 26.7. The number of aryl methyl sites for hydroxylation is 2. The average molecular weight is 1030 g/mol. The molecule has 0 aliphatic carbocycles. The molecule has 0 saturated carbocycles. The normalized spacial score (nSPS) is 13.9. The summed E-state index contributed by atoms with van der Waals surface area (Å²) < 4.78 is 2.18. The third kappa shape index (κ3) is 9.76. The maximum Gasteiger partial charge on any atom is 0.266 e. The van der Waals surface area contributed by atoms with Gasteiger partial charge in [0.1, 0.15) is 22.7 Å². The van der Waals surface area contributed by atoms with Gasteiger partial charge in [-0.2, -0.15) is 5.10 Å². The largest absolute Gasteiger partial charge is 0.344 e. The summed E-state index contributed by atoms with van der Waals surface area (Å²) in [6, 6.07) is 64.3. The number of carbonyl (C=O) groups excluding carboxylic acids is 2. The Bertz CT molecular complexity index is 3930. The van der Waals surface area contributed by atoms with Crippen molar-refractivity contribution in [3.63, 3.8) is 0 Å². The Morgan fingerprint density at radius 2 is 1.00 bits per heavy atom. The van der Waals surface area contributed by atoms with E-state index in [1.165, 1.54) is 11.1 Å². The molecule has 2 amide bonds. The van der Waals surface area contributed by atoms with E-state index in [4.69, 9.17) is 15.1 Å². The van der Waals surface area contributed by atoms with Crippen molar-refractivity contribution in [1.82, 2.24) is 30.4 Å². The van der Waals surface area contributed by atoms with Crippen LogP contribution in [0, 0.1) is 13.8 Å². The van der Waals surface area contributed by atoms with Crippen LogP contribution in [-0.2, 0) is 34.5 Å². The van der Waals surface area contributed by atoms with Gasteiger partial charge in [-0.3, -0.25) is 24.5 Å². The van der Waals surface area contributed by atoms with E-state index in [1.807, 2.05) is 80.6 Å². The molecule has 3 aliphatic heterocycles. The highest BCUT2D eigenvalue weighted by Crippen LogP contribution is 2.46. The fourth-order valence-corrected chi connectivity index (χ4v) is 11.2. The molecule has 0 unspecified atom stereocenters. The highest BCUT2D eigenvalue weighted by atomic mass is 16.2. The first kappa shape index (κ1) is 50.1. The number of amides is 2. The van der Waals surface area contributed by atoms with E-state index in [-0.39, 0.29) is 23.9 Å². The van der Waals surface area contributed by atoms with Crippen molar-refractivity contribution in [3.8, 4) is 11.3 Å². The molecular formula is C68H57N9O2. The van der Waals surface area contributed by atoms with Crippen LogP contribution in [-0.4, -0.2) is 48.7 Å². The standard InChI is InChI=1S/C43H35N5O.C25H22N4O/c1-29-13-12-14-32(25-29)30(2)45-42(49)39-26-33-27-40-37(28-38(33)46-39)41(31-21-23-44-24-22-31)47-48(40)43(34-15-6-3-7-16-34,35-17-8-4-9-18-35)36-19-10-5-11-20-36;1-15-4-3-5-18(10-15)16(2)28-25(30)23-12-19-11-20-14-27-24(17-6-8-26-9-7-17)21(20)13-22(19)29-23/h3-25,27-28,30H,26H2,1-2H3,(H,45,49);3-11,13,16H,12,14H2,1-2H3,(H,28,30)/t30-;16-/m11/s1. The quantitative estimate of drug-likeness (QED) is 0.117. The molecule has 2 N–H and O–H groups in total. The van der Waals surface area contributed by atoms with Crippen molar-refractivity contribution in [2.75, 3.05) is 0 Å². The molecule has 79 heavy (non-hydrogen) atoms. The van der Waals surface area contributed by atoms with Gasteiger partial charge in [-0.25, -0.2) is 14.7 Å². The number of nitrogens with one attached hydrogen (secondary N) is 2. The van der Waals surface area contributed by atoms with E-state index in [0.29, 0.717) is 30.8 Å². The van der Waals surface area contributed by atoms with Crippen LogP contribution in [0.25, 0.3) is 22.2 Å². The molecule has 3 aromatic heterocycles. The molecule has 0 radical (unpaired) electrons. The molecule has 386 valence electrons. The molecule has 13 rings (SSSR count). The number of rotatable bonds is 12. The molecule has 3 aliphatic rings. The number of aromatic nitrogens is 4. The summed E-state index contributed by atoms with van der Waals surface area (Å²) in [5.74, 6) is -0.263. The van der Waals surface area contributed by atoms with Crippen LogP contribution in [0.3, 0.4) is 0 Å². The highest BCUT2D eigenvalue weighted by Gasteiger charge is 2.41. The predicted octanol–water partition coefficient (Wildman–Crippen LogP) is 13.0. The number of hydrogen-bond donors (Lipinski definition) is 2. The second-order valence-corrected chi connectivity index (χ2v) is 20.5. The summed E-state index contributed by atoms with van der Waals surface area (Å²) in [6.07, 6.45) is 8.13. The van der Waals surface area contributed by atoms with Crippen LogP contribution < -0.4 is 10.6 Å². The van der Waals surface area contributed by atoms with Crippen LogP contribution in [0.1, 0.15) is 92.7 Å². The number of hydrogen-bond acceptors (Lipinski definition) is 8. The number of aliphatic imine (C=N–C) groups is 3. The van der Waals surface area contributed by atoms with Crippen molar-refractivity contribution in [2.45, 2.75) is 64.7 Å². The minimum Gasteiger partial charge on any atom is -0.344 e. The number of fused-ring (bicyclic) bond motifs is 4. The molecule has 11 nitrogen and oxygen atoms in total. The summed E-state index contributed by atoms with van der Waals surface area (Å²) in [6.45, 7) is 8.78. The highest BCUT2D eigenvalue weighted by molar-refractivity contribution is 6.41. The van der Waals surface area contributed by atoms with Crippen LogP contribution >= 0.6 is 0 Å². The Morgan fingerprint density at radius 3 is 1.51 bits per heavy atom. The van der Waals surface area contributed by atoms with E-state index in [0.717, 1.165) is 94.9 Å². The van der Waals surface area contributed by atoms with Crippen LogP contribution in [0.5, 0.6) is 0 Å². The molecule has 7 aromatic carbocycles. The van der Waals surface area contributed by atoms with Gasteiger partial charge >= 0.3 is 0 Å². The van der Waals surface area contributed by atoms with Gasteiger partial charge in [0.25, 0.3) is 11.8 Å². The zero-order valence-corrected chi connectivity index (χ0v) is 44.4. The smallest absolute Gasteiger partial charge is 0.266 e. The van der Waals surface area contributed by atoms with Crippen LogP contribution in [0.4, 0.5) is 11.4 Å². The zero-order chi connectivity index (χ0) is 54.0.